The van der Waals surface area contributed by atoms with Gasteiger partial charge >= 0.3 is 6.18 Å². The van der Waals surface area contributed by atoms with Gasteiger partial charge in [0.25, 0.3) is 0 Å². The van der Waals surface area contributed by atoms with Crippen LogP contribution < -0.4 is 5.32 Å². The number of nitrogens with zero attached hydrogens (tertiary/aromatic N) is 1. The van der Waals surface area contributed by atoms with Gasteiger partial charge in [0.1, 0.15) is 23.7 Å². The standard InChI is InChI=1S/C10H14F4N2O3S/c1-2-15-9-16-4-3(11)5(17)6(19-8(4)20-9)7(18)10(12,13)14/h3-8,17-18H,2H2,1H3,(H,15,16)/t3?,4?,5-,6-,7+,8+/m0/s1. The van der Waals surface area contributed by atoms with Gasteiger partial charge in [-0.2, -0.15) is 13.2 Å². The third kappa shape index (κ3) is 2.87. The number of hydrogen-bond acceptors (Lipinski definition) is 6. The number of rotatable bonds is 2. The van der Waals surface area contributed by atoms with Crippen molar-refractivity contribution in [3.05, 3.63) is 0 Å². The number of aliphatic imine (C=N–C) groups is 1. The Morgan fingerprint density at radius 1 is 1.50 bits per heavy atom. The minimum absolute atomic E-state index is 0.347. The minimum Gasteiger partial charge on any atom is -0.387 e. The number of amidine groups is 1. The van der Waals surface area contributed by atoms with E-state index < -0.39 is 42.1 Å². The highest BCUT2D eigenvalue weighted by atomic mass is 32.2. The number of aliphatic hydroxyl groups excluding tert-OH is 2. The van der Waals surface area contributed by atoms with Crippen LogP contribution in [0.15, 0.2) is 4.99 Å². The maximum Gasteiger partial charge on any atom is 0.417 e. The van der Waals surface area contributed by atoms with Gasteiger partial charge < -0.3 is 20.3 Å². The van der Waals surface area contributed by atoms with Crippen molar-refractivity contribution in [3.63, 3.8) is 0 Å². The molecule has 0 aromatic carbocycles. The van der Waals surface area contributed by atoms with E-state index in [0.29, 0.717) is 11.7 Å². The van der Waals surface area contributed by atoms with Gasteiger partial charge in [-0.15, -0.1) is 0 Å². The molecule has 5 nitrogen and oxygen atoms in total. The molecule has 2 rings (SSSR count). The van der Waals surface area contributed by atoms with Crippen LogP contribution >= 0.6 is 11.8 Å². The Balaban J connectivity index is 2.13. The lowest BCUT2D eigenvalue weighted by Gasteiger charge is -2.39. The number of halogens is 4. The van der Waals surface area contributed by atoms with Crippen molar-refractivity contribution < 1.29 is 32.5 Å². The van der Waals surface area contributed by atoms with Crippen LogP contribution in [0.5, 0.6) is 0 Å². The minimum atomic E-state index is -4.99. The van der Waals surface area contributed by atoms with Crippen LogP contribution in [0, 0.1) is 0 Å². The predicted octanol–water partition coefficient (Wildman–Crippen LogP) is 0.414. The van der Waals surface area contributed by atoms with E-state index in [9.17, 15) is 22.7 Å². The molecule has 20 heavy (non-hydrogen) atoms. The Morgan fingerprint density at radius 3 is 2.70 bits per heavy atom. The highest BCUT2D eigenvalue weighted by molar-refractivity contribution is 8.14. The molecule has 2 unspecified atom stereocenters. The lowest BCUT2D eigenvalue weighted by atomic mass is 9.96. The molecular weight excluding hydrogens is 304 g/mol. The monoisotopic (exact) mass is 318 g/mol. The number of alkyl halides is 4. The second-order valence-corrected chi connectivity index (χ2v) is 5.55. The van der Waals surface area contributed by atoms with Crippen LogP contribution in [0.3, 0.4) is 0 Å². The van der Waals surface area contributed by atoms with Gasteiger partial charge in [-0.25, -0.2) is 4.39 Å². The Kier molecular flexibility index (Phi) is 4.47. The van der Waals surface area contributed by atoms with Gasteiger partial charge in [0.2, 0.25) is 0 Å². The Bertz CT molecular complexity index is 395. The van der Waals surface area contributed by atoms with E-state index in [-0.39, 0.29) is 0 Å². The highest BCUT2D eigenvalue weighted by Crippen LogP contribution is 2.40. The van der Waals surface area contributed by atoms with Gasteiger partial charge in [0.05, 0.1) is 0 Å². The van der Waals surface area contributed by atoms with Gasteiger partial charge in [-0.1, -0.05) is 11.8 Å². The molecule has 1 fully saturated rings. The van der Waals surface area contributed by atoms with E-state index in [1.165, 1.54) is 0 Å². The molecule has 0 aromatic heterocycles. The smallest absolute Gasteiger partial charge is 0.387 e. The van der Waals surface area contributed by atoms with Gasteiger partial charge in [0, 0.05) is 6.54 Å². The summed E-state index contributed by atoms with van der Waals surface area (Å²) in [7, 11) is 0. The zero-order valence-corrected chi connectivity index (χ0v) is 11.2. The number of hydrogen-bond donors (Lipinski definition) is 3. The Morgan fingerprint density at radius 2 is 2.15 bits per heavy atom. The summed E-state index contributed by atoms with van der Waals surface area (Å²) < 4.78 is 56.4. The lowest BCUT2D eigenvalue weighted by molar-refractivity contribution is -0.267. The number of nitrogens with one attached hydrogen (secondary N) is 1. The fourth-order valence-corrected chi connectivity index (χ4v) is 3.21. The fourth-order valence-electron chi connectivity index (χ4n) is 2.04. The first kappa shape index (κ1) is 15.8. The van der Waals surface area contributed by atoms with Crippen molar-refractivity contribution >= 4 is 16.9 Å². The van der Waals surface area contributed by atoms with Crippen LogP contribution in [0.1, 0.15) is 6.92 Å². The molecule has 0 amide bonds. The summed E-state index contributed by atoms with van der Waals surface area (Å²) in [6.07, 6.45) is -14.1. The SMILES string of the molecule is CCNC1=NC2C(F)[C@H](O)[C@@H]([C@@H](O)C(F)(F)F)O[C@@H]2S1. The second kappa shape index (κ2) is 5.66. The van der Waals surface area contributed by atoms with E-state index in [1.807, 2.05) is 0 Å². The summed E-state index contributed by atoms with van der Waals surface area (Å²) in [4.78, 5) is 3.93. The summed E-state index contributed by atoms with van der Waals surface area (Å²) in [5.74, 6) is 0. The topological polar surface area (TPSA) is 74.1 Å². The average molecular weight is 318 g/mol. The number of ether oxygens (including phenoxy) is 1. The molecule has 0 bridgehead atoms. The molecule has 2 aliphatic rings. The van der Waals surface area contributed by atoms with Crippen molar-refractivity contribution in [3.8, 4) is 0 Å². The number of aliphatic hydroxyl groups is 2. The van der Waals surface area contributed by atoms with E-state index in [0.717, 1.165) is 11.8 Å². The van der Waals surface area contributed by atoms with Gasteiger partial charge in [-0.05, 0) is 6.92 Å². The van der Waals surface area contributed by atoms with Crippen LogP contribution in [-0.4, -0.2) is 64.1 Å². The van der Waals surface area contributed by atoms with E-state index in [2.05, 4.69) is 10.3 Å². The predicted molar refractivity (Wildman–Crippen MR) is 64.1 cm³/mol. The maximum atomic E-state index is 14.0. The quantitative estimate of drug-likeness (QED) is 0.643. The molecule has 0 aromatic rings. The third-order valence-corrected chi connectivity index (χ3v) is 4.12. The van der Waals surface area contributed by atoms with Crippen LogP contribution in [-0.2, 0) is 4.74 Å². The normalized spacial score (nSPS) is 39.1. The molecule has 6 atom stereocenters. The number of thioether (sulfide) groups is 1. The molecule has 0 aliphatic carbocycles. The largest absolute Gasteiger partial charge is 0.417 e. The van der Waals surface area contributed by atoms with E-state index in [4.69, 9.17) is 9.84 Å². The van der Waals surface area contributed by atoms with Crippen molar-refractivity contribution in [1.82, 2.24) is 5.32 Å². The molecule has 2 heterocycles. The second-order valence-electron chi connectivity index (χ2n) is 4.46. The Labute approximate surface area is 116 Å². The first-order chi connectivity index (χ1) is 9.25. The first-order valence-corrected chi connectivity index (χ1v) is 6.84. The molecule has 0 spiro atoms. The van der Waals surface area contributed by atoms with Crippen LogP contribution in [0.25, 0.3) is 0 Å². The Hall–Kier alpha value is -0.580. The van der Waals surface area contributed by atoms with Crippen molar-refractivity contribution in [2.24, 2.45) is 4.99 Å². The zero-order chi connectivity index (χ0) is 15.1. The van der Waals surface area contributed by atoms with Gasteiger partial charge in [-0.3, -0.25) is 4.99 Å². The first-order valence-electron chi connectivity index (χ1n) is 5.96. The molecule has 10 heteroatoms. The van der Waals surface area contributed by atoms with Crippen molar-refractivity contribution in [1.29, 1.82) is 0 Å². The zero-order valence-electron chi connectivity index (χ0n) is 10.3. The lowest BCUT2D eigenvalue weighted by Crippen LogP contribution is -2.59. The highest BCUT2D eigenvalue weighted by Gasteiger charge is 2.56. The molecule has 0 radical (unpaired) electrons. The third-order valence-electron chi connectivity index (χ3n) is 3.03. The molecule has 116 valence electrons. The summed E-state index contributed by atoms with van der Waals surface area (Å²) >= 11 is 0.944. The summed E-state index contributed by atoms with van der Waals surface area (Å²) in [5, 5.41) is 21.9. The number of fused-ring (bicyclic) bond motifs is 1. The summed E-state index contributed by atoms with van der Waals surface area (Å²) in [5.41, 5.74) is -0.996. The van der Waals surface area contributed by atoms with E-state index >= 15 is 0 Å². The maximum absolute atomic E-state index is 14.0. The molecule has 3 N–H and O–H groups in total. The molecule has 2 aliphatic heterocycles. The van der Waals surface area contributed by atoms with E-state index in [1.54, 1.807) is 6.92 Å². The molecule has 0 saturated carbocycles. The fraction of sp³-hybridized carbons (Fsp3) is 0.900. The van der Waals surface area contributed by atoms with Crippen LogP contribution in [0.4, 0.5) is 17.6 Å². The summed E-state index contributed by atoms with van der Waals surface area (Å²) in [6, 6.07) is -1.08. The van der Waals surface area contributed by atoms with Gasteiger partial charge in [0.15, 0.2) is 17.4 Å². The molecular formula is C10H14F4N2O3S. The van der Waals surface area contributed by atoms with Crippen LogP contribution in [0.2, 0.25) is 0 Å². The average Bonchev–Trinajstić information content (AvgIpc) is 2.75. The van der Waals surface area contributed by atoms with Crippen molar-refractivity contribution in [2.75, 3.05) is 6.54 Å². The van der Waals surface area contributed by atoms with Crippen molar-refractivity contribution in [2.45, 2.75) is 49.1 Å². The molecule has 1 saturated heterocycles. The summed E-state index contributed by atoms with van der Waals surface area (Å²) in [6.45, 7) is 2.29.